The zero-order valence-corrected chi connectivity index (χ0v) is 12.4. The topological polar surface area (TPSA) is 93.5 Å². The second-order valence-electron chi connectivity index (χ2n) is 4.39. The van der Waals surface area contributed by atoms with Crippen molar-refractivity contribution >= 4 is 34.7 Å². The van der Waals surface area contributed by atoms with Gasteiger partial charge >= 0.3 is 5.97 Å². The zero-order valence-electron chi connectivity index (χ0n) is 10.3. The van der Waals surface area contributed by atoms with Crippen LogP contribution in [0.5, 0.6) is 0 Å². The number of esters is 1. The molecule has 1 aliphatic rings. The van der Waals surface area contributed by atoms with Crippen LogP contribution in [-0.4, -0.2) is 37.1 Å². The minimum Gasteiger partial charge on any atom is -0.461 e. The van der Waals surface area contributed by atoms with Crippen molar-refractivity contribution in [1.29, 1.82) is 0 Å². The number of nitrogens with two attached hydrogens (primary N) is 1. The first kappa shape index (κ1) is 15.6. The highest BCUT2D eigenvalue weighted by Crippen LogP contribution is 2.21. The van der Waals surface area contributed by atoms with Crippen molar-refractivity contribution in [3.63, 3.8) is 0 Å². The van der Waals surface area contributed by atoms with Crippen LogP contribution in [0, 0.1) is 0 Å². The highest BCUT2D eigenvalue weighted by molar-refractivity contribution is 14.1. The smallest absolute Gasteiger partial charge is 0.325 e. The Kier molecular flexibility index (Phi) is 7.52. The third-order valence-corrected chi connectivity index (χ3v) is 3.81. The quantitative estimate of drug-likeness (QED) is 0.355. The lowest BCUT2D eigenvalue weighted by Gasteiger charge is -2.27. The lowest BCUT2D eigenvalue weighted by molar-refractivity contribution is -0.150. The first-order valence-corrected chi connectivity index (χ1v) is 7.26. The Labute approximate surface area is 121 Å². The van der Waals surface area contributed by atoms with E-state index in [1.54, 1.807) is 0 Å². The molecule has 7 heteroatoms. The number of nitrogens with one attached hydrogen (secondary N) is 2. The van der Waals surface area contributed by atoms with Gasteiger partial charge in [0.05, 0.1) is 0 Å². The van der Waals surface area contributed by atoms with Gasteiger partial charge in [0.25, 0.3) is 0 Å². The maximum atomic E-state index is 11.5. The number of amides is 1. The first-order valence-electron chi connectivity index (χ1n) is 6.18. The summed E-state index contributed by atoms with van der Waals surface area (Å²) in [5.41, 5.74) is 5.23. The molecule has 1 saturated carbocycles. The summed E-state index contributed by atoms with van der Waals surface area (Å²) in [5.74, 6) is -0.585. The molecule has 1 fully saturated rings. The molecule has 1 amide bonds. The highest BCUT2D eigenvalue weighted by Gasteiger charge is 2.23. The summed E-state index contributed by atoms with van der Waals surface area (Å²) in [5, 5.41) is 2.49. The molecule has 0 heterocycles. The summed E-state index contributed by atoms with van der Waals surface area (Å²) < 4.78 is 8.49. The van der Waals surface area contributed by atoms with Gasteiger partial charge in [-0.25, -0.2) is 0 Å². The minimum absolute atomic E-state index is 0.00934. The third kappa shape index (κ3) is 5.96. The molecule has 0 aromatic heterocycles. The number of ether oxygens (including phenoxy) is 1. The fourth-order valence-corrected chi connectivity index (χ4v) is 2.53. The van der Waals surface area contributed by atoms with Crippen molar-refractivity contribution in [2.75, 3.05) is 13.1 Å². The number of rotatable bonds is 6. The number of carbonyl (C=O) groups is 2. The molecule has 104 valence electrons. The molecule has 0 bridgehead atoms. The lowest BCUT2D eigenvalue weighted by atomic mass is 9.94. The van der Waals surface area contributed by atoms with Crippen LogP contribution in [0.2, 0.25) is 0 Å². The van der Waals surface area contributed by atoms with Crippen LogP contribution < -0.4 is 14.6 Å². The second-order valence-corrected chi connectivity index (χ2v) is 5.01. The van der Waals surface area contributed by atoms with Crippen LogP contribution in [0.4, 0.5) is 0 Å². The standard InChI is InChI=1S/C11H20IN3O3/c12-15-8-1-3-9(4-2-8)18-11(17)7-14-10(16)5-6-13/h8-9,15H,1-7,13H2,(H,14,16)/t8-,9-. The van der Waals surface area contributed by atoms with E-state index in [0.717, 1.165) is 25.7 Å². The summed E-state index contributed by atoms with van der Waals surface area (Å²) in [6.45, 7) is 0.220. The molecule has 18 heavy (non-hydrogen) atoms. The van der Waals surface area contributed by atoms with Gasteiger partial charge in [-0.3, -0.25) is 13.1 Å². The van der Waals surface area contributed by atoms with E-state index in [1.807, 2.05) is 0 Å². The van der Waals surface area contributed by atoms with Crippen LogP contribution in [0.3, 0.4) is 0 Å². The first-order chi connectivity index (χ1) is 8.65. The maximum absolute atomic E-state index is 11.5. The van der Waals surface area contributed by atoms with Crippen molar-refractivity contribution in [2.45, 2.75) is 44.2 Å². The monoisotopic (exact) mass is 369 g/mol. The van der Waals surface area contributed by atoms with E-state index in [9.17, 15) is 9.59 Å². The Hall–Kier alpha value is -0.410. The minimum atomic E-state index is -0.369. The summed E-state index contributed by atoms with van der Waals surface area (Å²) in [6, 6.07) is 0.518. The summed E-state index contributed by atoms with van der Waals surface area (Å²) in [6.07, 6.45) is 4.01. The molecule has 0 saturated heterocycles. The molecular formula is C11H20IN3O3. The van der Waals surface area contributed by atoms with Gasteiger partial charge < -0.3 is 15.8 Å². The largest absolute Gasteiger partial charge is 0.461 e. The molecular weight excluding hydrogens is 349 g/mol. The molecule has 1 aliphatic carbocycles. The van der Waals surface area contributed by atoms with Crippen molar-refractivity contribution in [3.05, 3.63) is 0 Å². The average Bonchev–Trinajstić information content (AvgIpc) is 2.38. The lowest BCUT2D eigenvalue weighted by Crippen LogP contribution is -2.36. The van der Waals surface area contributed by atoms with E-state index >= 15 is 0 Å². The van der Waals surface area contributed by atoms with E-state index in [4.69, 9.17) is 10.5 Å². The zero-order chi connectivity index (χ0) is 13.4. The summed E-state index contributed by atoms with van der Waals surface area (Å²) >= 11 is 2.15. The SMILES string of the molecule is NCCC(=O)NCC(=O)O[C@H]1CC[C@H](NI)CC1. The summed E-state index contributed by atoms with van der Waals surface area (Å²) in [4.78, 5) is 22.6. The Morgan fingerprint density at radius 2 is 1.94 bits per heavy atom. The number of hydrogen-bond acceptors (Lipinski definition) is 5. The Bertz CT molecular complexity index is 281. The van der Waals surface area contributed by atoms with E-state index < -0.39 is 0 Å². The van der Waals surface area contributed by atoms with Gasteiger partial charge in [0.2, 0.25) is 5.91 Å². The Morgan fingerprint density at radius 1 is 1.28 bits per heavy atom. The van der Waals surface area contributed by atoms with Gasteiger partial charge in [0.1, 0.15) is 12.6 Å². The highest BCUT2D eigenvalue weighted by atomic mass is 127. The van der Waals surface area contributed by atoms with Crippen LogP contribution in [0.15, 0.2) is 0 Å². The Balaban J connectivity index is 2.15. The van der Waals surface area contributed by atoms with Gasteiger partial charge in [-0.15, -0.1) is 0 Å². The molecule has 0 aliphatic heterocycles. The van der Waals surface area contributed by atoms with Gasteiger partial charge in [-0.2, -0.15) is 0 Å². The average molecular weight is 369 g/mol. The van der Waals surface area contributed by atoms with Crippen LogP contribution in [0.1, 0.15) is 32.1 Å². The molecule has 6 nitrogen and oxygen atoms in total. The van der Waals surface area contributed by atoms with E-state index in [2.05, 4.69) is 31.7 Å². The number of carbonyl (C=O) groups excluding carboxylic acids is 2. The molecule has 1 rings (SSSR count). The molecule has 0 aromatic carbocycles. The fraction of sp³-hybridized carbons (Fsp3) is 0.818. The van der Waals surface area contributed by atoms with Gasteiger partial charge in [-0.05, 0) is 25.7 Å². The van der Waals surface area contributed by atoms with E-state index in [0.29, 0.717) is 6.04 Å². The predicted octanol–water partition coefficient (Wildman–Crippen LogP) is 0.245. The van der Waals surface area contributed by atoms with Crippen molar-refractivity contribution < 1.29 is 14.3 Å². The molecule has 0 atom stereocenters. The van der Waals surface area contributed by atoms with E-state index in [1.165, 1.54) is 0 Å². The number of hydrogen-bond donors (Lipinski definition) is 3. The van der Waals surface area contributed by atoms with Gasteiger partial charge in [0, 0.05) is 41.9 Å². The van der Waals surface area contributed by atoms with Gasteiger partial charge in [0.15, 0.2) is 0 Å². The molecule has 0 unspecified atom stereocenters. The summed E-state index contributed by atoms with van der Waals surface area (Å²) in [7, 11) is 0. The Morgan fingerprint density at radius 3 is 2.50 bits per heavy atom. The van der Waals surface area contributed by atoms with Gasteiger partial charge in [-0.1, -0.05) is 0 Å². The normalized spacial score (nSPS) is 23.4. The molecule has 0 spiro atoms. The third-order valence-electron chi connectivity index (χ3n) is 2.93. The van der Waals surface area contributed by atoms with E-state index in [-0.39, 0.29) is 37.5 Å². The van der Waals surface area contributed by atoms with Crippen LogP contribution in [0.25, 0.3) is 0 Å². The molecule has 0 radical (unpaired) electrons. The predicted molar refractivity (Wildman–Crippen MR) is 76.0 cm³/mol. The van der Waals surface area contributed by atoms with Crippen LogP contribution in [-0.2, 0) is 14.3 Å². The molecule has 0 aromatic rings. The number of halogens is 1. The fourth-order valence-electron chi connectivity index (χ4n) is 1.91. The van der Waals surface area contributed by atoms with Crippen LogP contribution >= 0.6 is 22.9 Å². The second kappa shape index (κ2) is 8.65. The molecule has 4 N–H and O–H groups in total. The van der Waals surface area contributed by atoms with Crippen molar-refractivity contribution in [3.8, 4) is 0 Å². The maximum Gasteiger partial charge on any atom is 0.325 e. The van der Waals surface area contributed by atoms with Crippen molar-refractivity contribution in [2.24, 2.45) is 5.73 Å². The van der Waals surface area contributed by atoms with Crippen molar-refractivity contribution in [1.82, 2.24) is 8.85 Å².